The molecule has 0 amide bonds. The van der Waals surface area contributed by atoms with Gasteiger partial charge in [-0.3, -0.25) is 0 Å². The summed E-state index contributed by atoms with van der Waals surface area (Å²) in [6, 6.07) is 6.13. The van der Waals surface area contributed by atoms with Crippen molar-refractivity contribution in [1.29, 1.82) is 5.26 Å². The SMILES string of the molecule is N#Cc1c(N)nc(N)nc1-c1cc(Br)ccc1OC(F)F. The molecule has 2 rings (SSSR count). The molecule has 0 aliphatic carbocycles. The van der Waals surface area contributed by atoms with Crippen molar-refractivity contribution < 1.29 is 13.5 Å². The van der Waals surface area contributed by atoms with E-state index in [4.69, 9.17) is 16.7 Å². The summed E-state index contributed by atoms with van der Waals surface area (Å²) < 4.78 is 30.0. The fourth-order valence-electron chi connectivity index (χ4n) is 1.69. The molecule has 2 aromatic rings. The summed E-state index contributed by atoms with van der Waals surface area (Å²) in [5.41, 5.74) is 11.2. The van der Waals surface area contributed by atoms with Gasteiger partial charge in [0.15, 0.2) is 0 Å². The maximum atomic E-state index is 12.5. The van der Waals surface area contributed by atoms with Gasteiger partial charge in [-0.15, -0.1) is 0 Å². The second-order valence-corrected chi connectivity index (χ2v) is 4.74. The molecule has 0 unspecified atom stereocenters. The highest BCUT2D eigenvalue weighted by atomic mass is 79.9. The van der Waals surface area contributed by atoms with Gasteiger partial charge in [-0.25, -0.2) is 4.98 Å². The smallest absolute Gasteiger partial charge is 0.387 e. The molecule has 0 atom stereocenters. The number of alkyl halides is 2. The first kappa shape index (κ1) is 14.9. The Labute approximate surface area is 126 Å². The minimum atomic E-state index is -3.02. The van der Waals surface area contributed by atoms with E-state index in [-0.39, 0.29) is 34.3 Å². The quantitative estimate of drug-likeness (QED) is 0.874. The van der Waals surface area contributed by atoms with Crippen molar-refractivity contribution in [3.8, 4) is 23.1 Å². The van der Waals surface area contributed by atoms with Crippen molar-refractivity contribution in [3.05, 3.63) is 28.2 Å². The number of nitrogens with zero attached hydrogens (tertiary/aromatic N) is 3. The van der Waals surface area contributed by atoms with Crippen molar-refractivity contribution in [2.75, 3.05) is 11.5 Å². The van der Waals surface area contributed by atoms with Crippen LogP contribution in [0.4, 0.5) is 20.5 Å². The molecule has 1 aromatic heterocycles. The molecule has 1 aromatic carbocycles. The highest BCUT2D eigenvalue weighted by molar-refractivity contribution is 9.10. The van der Waals surface area contributed by atoms with E-state index in [1.807, 2.05) is 6.07 Å². The number of aromatic nitrogens is 2. The standard InChI is InChI=1S/C12H8BrF2N5O/c13-5-1-2-8(21-11(14)15)6(3-5)9-7(4-16)10(17)20-12(18)19-9/h1-3,11H,(H4,17,18,19,20). The summed E-state index contributed by atoms with van der Waals surface area (Å²) >= 11 is 3.21. The van der Waals surface area contributed by atoms with E-state index in [9.17, 15) is 8.78 Å². The van der Waals surface area contributed by atoms with Crippen LogP contribution >= 0.6 is 15.9 Å². The zero-order valence-corrected chi connectivity index (χ0v) is 11.9. The predicted octanol–water partition coefficient (Wildman–Crippen LogP) is 2.54. The summed E-state index contributed by atoms with van der Waals surface area (Å²) in [6.07, 6.45) is 0. The van der Waals surface area contributed by atoms with Crippen molar-refractivity contribution in [1.82, 2.24) is 9.97 Å². The minimum Gasteiger partial charge on any atom is -0.434 e. The summed E-state index contributed by atoms with van der Waals surface area (Å²) in [5, 5.41) is 9.14. The van der Waals surface area contributed by atoms with Crippen LogP contribution in [0.1, 0.15) is 5.56 Å². The Hall–Kier alpha value is -2.47. The Morgan fingerprint density at radius 1 is 1.29 bits per heavy atom. The van der Waals surface area contributed by atoms with Crippen molar-refractivity contribution >= 4 is 27.7 Å². The first-order valence-corrected chi connectivity index (χ1v) is 6.29. The molecule has 108 valence electrons. The van der Waals surface area contributed by atoms with Crippen LogP contribution in [0.25, 0.3) is 11.3 Å². The monoisotopic (exact) mass is 355 g/mol. The lowest BCUT2D eigenvalue weighted by molar-refractivity contribution is -0.0494. The van der Waals surface area contributed by atoms with Gasteiger partial charge < -0.3 is 16.2 Å². The first-order chi connectivity index (χ1) is 9.92. The number of nitriles is 1. The molecule has 4 N–H and O–H groups in total. The molecule has 0 spiro atoms. The summed E-state index contributed by atoms with van der Waals surface area (Å²) in [5.74, 6) is -0.463. The second-order valence-electron chi connectivity index (χ2n) is 3.82. The number of hydrogen-bond acceptors (Lipinski definition) is 6. The molecule has 0 saturated carbocycles. The molecular weight excluding hydrogens is 348 g/mol. The van der Waals surface area contributed by atoms with Crippen LogP contribution in [0.3, 0.4) is 0 Å². The number of halogens is 3. The van der Waals surface area contributed by atoms with Gasteiger partial charge in [0.05, 0.1) is 5.69 Å². The lowest BCUT2D eigenvalue weighted by atomic mass is 10.1. The van der Waals surface area contributed by atoms with E-state index in [0.717, 1.165) is 0 Å². The lowest BCUT2D eigenvalue weighted by Gasteiger charge is -2.12. The average molecular weight is 356 g/mol. The van der Waals surface area contributed by atoms with Gasteiger partial charge in [0, 0.05) is 10.0 Å². The third-order valence-electron chi connectivity index (χ3n) is 2.48. The van der Waals surface area contributed by atoms with Crippen LogP contribution in [0, 0.1) is 11.3 Å². The molecule has 0 saturated heterocycles. The minimum absolute atomic E-state index is 0.0273. The van der Waals surface area contributed by atoms with Gasteiger partial charge in [0.25, 0.3) is 0 Å². The zero-order chi connectivity index (χ0) is 15.6. The Morgan fingerprint density at radius 3 is 2.62 bits per heavy atom. The van der Waals surface area contributed by atoms with E-state index in [1.54, 1.807) is 0 Å². The highest BCUT2D eigenvalue weighted by Gasteiger charge is 2.19. The number of anilines is 2. The fraction of sp³-hybridized carbons (Fsp3) is 0.0833. The van der Waals surface area contributed by atoms with Crippen LogP contribution in [0.2, 0.25) is 0 Å². The van der Waals surface area contributed by atoms with Crippen LogP contribution in [-0.2, 0) is 0 Å². The van der Waals surface area contributed by atoms with Gasteiger partial charge >= 0.3 is 6.61 Å². The van der Waals surface area contributed by atoms with Gasteiger partial charge in [0.1, 0.15) is 23.2 Å². The molecule has 0 radical (unpaired) electrons. The number of nitrogens with two attached hydrogens (primary N) is 2. The van der Waals surface area contributed by atoms with E-state index in [1.165, 1.54) is 18.2 Å². The number of ether oxygens (including phenoxy) is 1. The molecule has 0 aliphatic heterocycles. The lowest BCUT2D eigenvalue weighted by Crippen LogP contribution is -2.07. The summed E-state index contributed by atoms with van der Waals surface area (Å²) in [4.78, 5) is 7.57. The molecule has 1 heterocycles. The van der Waals surface area contributed by atoms with Crippen LogP contribution < -0.4 is 16.2 Å². The van der Waals surface area contributed by atoms with Gasteiger partial charge in [-0.2, -0.15) is 19.0 Å². The molecule has 6 nitrogen and oxygen atoms in total. The molecule has 9 heteroatoms. The number of hydrogen-bond donors (Lipinski definition) is 2. The summed E-state index contributed by atoms with van der Waals surface area (Å²) in [6.45, 7) is -3.02. The predicted molar refractivity (Wildman–Crippen MR) is 75.3 cm³/mol. The van der Waals surface area contributed by atoms with Crippen molar-refractivity contribution in [2.24, 2.45) is 0 Å². The number of rotatable bonds is 3. The van der Waals surface area contributed by atoms with Crippen LogP contribution in [0.15, 0.2) is 22.7 Å². The Balaban J connectivity index is 2.72. The average Bonchev–Trinajstić information content (AvgIpc) is 2.39. The Morgan fingerprint density at radius 2 is 2.00 bits per heavy atom. The molecular formula is C12H8BrF2N5O. The third kappa shape index (κ3) is 3.17. The molecule has 0 aliphatic rings. The largest absolute Gasteiger partial charge is 0.434 e. The number of benzene rings is 1. The maximum Gasteiger partial charge on any atom is 0.387 e. The van der Waals surface area contributed by atoms with Gasteiger partial charge in [-0.1, -0.05) is 15.9 Å². The summed E-state index contributed by atoms with van der Waals surface area (Å²) in [7, 11) is 0. The zero-order valence-electron chi connectivity index (χ0n) is 10.3. The highest BCUT2D eigenvalue weighted by Crippen LogP contribution is 2.35. The van der Waals surface area contributed by atoms with Crippen LogP contribution in [-0.4, -0.2) is 16.6 Å². The Bertz CT molecular complexity index is 732. The fourth-order valence-corrected chi connectivity index (χ4v) is 2.05. The molecule has 0 bridgehead atoms. The van der Waals surface area contributed by atoms with E-state index < -0.39 is 6.61 Å². The maximum absolute atomic E-state index is 12.5. The normalized spacial score (nSPS) is 10.4. The van der Waals surface area contributed by atoms with E-state index >= 15 is 0 Å². The second kappa shape index (κ2) is 5.88. The molecule has 0 fully saturated rings. The van der Waals surface area contributed by atoms with Gasteiger partial charge in [-0.05, 0) is 18.2 Å². The van der Waals surface area contributed by atoms with E-state index in [0.29, 0.717) is 4.47 Å². The topological polar surface area (TPSA) is 111 Å². The van der Waals surface area contributed by atoms with E-state index in [2.05, 4.69) is 30.6 Å². The number of nitrogen functional groups attached to an aromatic ring is 2. The first-order valence-electron chi connectivity index (χ1n) is 5.50. The molecule has 21 heavy (non-hydrogen) atoms. The Kier molecular flexibility index (Phi) is 4.18. The third-order valence-corrected chi connectivity index (χ3v) is 2.97. The van der Waals surface area contributed by atoms with Crippen molar-refractivity contribution in [2.45, 2.75) is 6.61 Å². The van der Waals surface area contributed by atoms with Crippen molar-refractivity contribution in [3.63, 3.8) is 0 Å². The van der Waals surface area contributed by atoms with Gasteiger partial charge in [0.2, 0.25) is 5.95 Å². The van der Waals surface area contributed by atoms with Crippen LogP contribution in [0.5, 0.6) is 5.75 Å².